The summed E-state index contributed by atoms with van der Waals surface area (Å²) in [5, 5.41) is 1.08. The van der Waals surface area contributed by atoms with Gasteiger partial charge in [-0.05, 0) is 31.2 Å². The van der Waals surface area contributed by atoms with Crippen molar-refractivity contribution in [2.24, 2.45) is 0 Å². The van der Waals surface area contributed by atoms with E-state index in [-0.39, 0.29) is 5.91 Å². The molecule has 0 radical (unpaired) electrons. The third-order valence-electron chi connectivity index (χ3n) is 3.18. The lowest BCUT2D eigenvalue weighted by atomic mass is 10.2. The van der Waals surface area contributed by atoms with Gasteiger partial charge < -0.3 is 14.2 Å². The van der Waals surface area contributed by atoms with Crippen LogP contribution in [0.4, 0.5) is 0 Å². The third-order valence-corrected chi connectivity index (χ3v) is 3.18. The Morgan fingerprint density at radius 2 is 2.17 bits per heavy atom. The number of benzene rings is 1. The predicted molar refractivity (Wildman–Crippen MR) is 71.8 cm³/mol. The van der Waals surface area contributed by atoms with Crippen LogP contribution < -0.4 is 4.74 Å². The second kappa shape index (κ2) is 5.12. The van der Waals surface area contributed by atoms with Gasteiger partial charge in [0.05, 0.1) is 7.11 Å². The normalized spacial score (nSPS) is 10.6. The van der Waals surface area contributed by atoms with Crippen LogP contribution in [-0.2, 0) is 11.3 Å². The predicted octanol–water partition coefficient (Wildman–Crippen LogP) is 2.13. The highest BCUT2D eigenvalue weighted by Gasteiger charge is 2.09. The molecular weight excluding hydrogens is 228 g/mol. The van der Waals surface area contributed by atoms with Gasteiger partial charge in [0, 0.05) is 30.7 Å². The molecule has 0 fully saturated rings. The molecule has 1 aromatic carbocycles. The van der Waals surface area contributed by atoms with Gasteiger partial charge in [0.15, 0.2) is 0 Å². The monoisotopic (exact) mass is 246 g/mol. The summed E-state index contributed by atoms with van der Waals surface area (Å²) < 4.78 is 7.15. The number of amides is 1. The standard InChI is InChI=1S/C14H18N2O2/c1-4-15(2)14(17)10-16-8-7-11-9-12(18-3)5-6-13(11)16/h5-9H,4,10H2,1-3H3. The third kappa shape index (κ3) is 2.32. The molecule has 1 amide bonds. The average molecular weight is 246 g/mol. The average Bonchev–Trinajstić information content (AvgIpc) is 2.80. The Labute approximate surface area is 107 Å². The minimum Gasteiger partial charge on any atom is -0.497 e. The van der Waals surface area contributed by atoms with Crippen LogP contribution in [0, 0.1) is 0 Å². The van der Waals surface area contributed by atoms with Crippen molar-refractivity contribution < 1.29 is 9.53 Å². The van der Waals surface area contributed by atoms with E-state index in [1.165, 1.54) is 0 Å². The van der Waals surface area contributed by atoms with Crippen molar-refractivity contribution in [1.29, 1.82) is 0 Å². The molecule has 0 saturated heterocycles. The number of rotatable bonds is 4. The summed E-state index contributed by atoms with van der Waals surface area (Å²) in [6.07, 6.45) is 1.94. The molecule has 96 valence electrons. The number of carbonyl (C=O) groups excluding carboxylic acids is 1. The lowest BCUT2D eigenvalue weighted by Crippen LogP contribution is -2.29. The zero-order chi connectivity index (χ0) is 13.1. The highest BCUT2D eigenvalue weighted by atomic mass is 16.5. The zero-order valence-corrected chi connectivity index (χ0v) is 11.0. The van der Waals surface area contributed by atoms with E-state index in [0.717, 1.165) is 23.2 Å². The second-order valence-corrected chi connectivity index (χ2v) is 4.28. The molecule has 18 heavy (non-hydrogen) atoms. The van der Waals surface area contributed by atoms with E-state index in [9.17, 15) is 4.79 Å². The first-order valence-electron chi connectivity index (χ1n) is 6.02. The van der Waals surface area contributed by atoms with Crippen molar-refractivity contribution in [3.05, 3.63) is 30.5 Å². The van der Waals surface area contributed by atoms with E-state index in [2.05, 4.69) is 0 Å². The number of hydrogen-bond donors (Lipinski definition) is 0. The lowest BCUT2D eigenvalue weighted by molar-refractivity contribution is -0.130. The van der Waals surface area contributed by atoms with Gasteiger partial charge in [-0.3, -0.25) is 4.79 Å². The molecule has 0 aliphatic carbocycles. The van der Waals surface area contributed by atoms with Gasteiger partial charge in [-0.25, -0.2) is 0 Å². The molecule has 0 unspecified atom stereocenters. The molecule has 2 aromatic rings. The van der Waals surface area contributed by atoms with Gasteiger partial charge in [-0.15, -0.1) is 0 Å². The minimum atomic E-state index is 0.116. The Morgan fingerprint density at radius 3 is 2.83 bits per heavy atom. The summed E-state index contributed by atoms with van der Waals surface area (Å²) in [7, 11) is 3.47. The van der Waals surface area contributed by atoms with Crippen molar-refractivity contribution in [2.45, 2.75) is 13.5 Å². The number of aromatic nitrogens is 1. The summed E-state index contributed by atoms with van der Waals surface area (Å²) >= 11 is 0. The molecule has 4 nitrogen and oxygen atoms in total. The van der Waals surface area contributed by atoms with Gasteiger partial charge >= 0.3 is 0 Å². The van der Waals surface area contributed by atoms with Crippen LogP contribution in [0.25, 0.3) is 10.9 Å². The summed E-state index contributed by atoms with van der Waals surface area (Å²) in [6, 6.07) is 7.86. The Kier molecular flexibility index (Phi) is 3.55. The number of likely N-dealkylation sites (N-methyl/N-ethyl adjacent to an activating group) is 1. The van der Waals surface area contributed by atoms with Crippen molar-refractivity contribution in [3.63, 3.8) is 0 Å². The van der Waals surface area contributed by atoms with E-state index in [1.807, 2.05) is 49.0 Å². The van der Waals surface area contributed by atoms with Crippen LogP contribution in [0.3, 0.4) is 0 Å². The molecule has 0 atom stereocenters. The van der Waals surface area contributed by atoms with E-state index in [0.29, 0.717) is 6.54 Å². The van der Waals surface area contributed by atoms with Gasteiger partial charge in [-0.2, -0.15) is 0 Å². The molecule has 0 spiro atoms. The van der Waals surface area contributed by atoms with E-state index >= 15 is 0 Å². The molecular formula is C14H18N2O2. The molecule has 0 bridgehead atoms. The maximum atomic E-state index is 11.9. The van der Waals surface area contributed by atoms with Gasteiger partial charge in [0.2, 0.25) is 5.91 Å². The summed E-state index contributed by atoms with van der Waals surface area (Å²) in [5.74, 6) is 0.947. The molecule has 0 N–H and O–H groups in total. The number of hydrogen-bond acceptors (Lipinski definition) is 2. The molecule has 0 aliphatic heterocycles. The van der Waals surface area contributed by atoms with E-state index in [4.69, 9.17) is 4.74 Å². The van der Waals surface area contributed by atoms with Crippen LogP contribution in [0.1, 0.15) is 6.92 Å². The highest BCUT2D eigenvalue weighted by molar-refractivity contribution is 5.84. The molecule has 2 rings (SSSR count). The smallest absolute Gasteiger partial charge is 0.242 e. The van der Waals surface area contributed by atoms with Crippen molar-refractivity contribution in [1.82, 2.24) is 9.47 Å². The summed E-state index contributed by atoms with van der Waals surface area (Å²) in [4.78, 5) is 13.6. The maximum absolute atomic E-state index is 11.9. The van der Waals surface area contributed by atoms with Crippen LogP contribution in [0.5, 0.6) is 5.75 Å². The van der Waals surface area contributed by atoms with Crippen LogP contribution in [0.2, 0.25) is 0 Å². The first-order chi connectivity index (χ1) is 8.65. The summed E-state index contributed by atoms with van der Waals surface area (Å²) in [5.41, 5.74) is 1.05. The number of carbonyl (C=O) groups is 1. The lowest BCUT2D eigenvalue weighted by Gasteiger charge is -2.15. The highest BCUT2D eigenvalue weighted by Crippen LogP contribution is 2.21. The maximum Gasteiger partial charge on any atom is 0.242 e. The number of ether oxygens (including phenoxy) is 1. The topological polar surface area (TPSA) is 34.5 Å². The summed E-state index contributed by atoms with van der Waals surface area (Å²) in [6.45, 7) is 3.07. The Balaban J connectivity index is 2.27. The molecule has 4 heteroatoms. The molecule has 1 heterocycles. The molecule has 0 saturated carbocycles. The van der Waals surface area contributed by atoms with E-state index < -0.39 is 0 Å². The number of fused-ring (bicyclic) bond motifs is 1. The second-order valence-electron chi connectivity index (χ2n) is 4.28. The van der Waals surface area contributed by atoms with Gasteiger partial charge in [0.1, 0.15) is 12.3 Å². The van der Waals surface area contributed by atoms with Crippen LogP contribution in [-0.4, -0.2) is 36.1 Å². The SMILES string of the molecule is CCN(C)C(=O)Cn1ccc2cc(OC)ccc21. The fourth-order valence-electron chi connectivity index (χ4n) is 1.89. The molecule has 0 aliphatic rings. The largest absolute Gasteiger partial charge is 0.497 e. The zero-order valence-electron chi connectivity index (χ0n) is 11.0. The van der Waals surface area contributed by atoms with Gasteiger partial charge in [0.25, 0.3) is 0 Å². The number of nitrogens with zero attached hydrogens (tertiary/aromatic N) is 2. The van der Waals surface area contributed by atoms with Gasteiger partial charge in [-0.1, -0.05) is 0 Å². The fourth-order valence-corrected chi connectivity index (χ4v) is 1.89. The Bertz CT molecular complexity index is 560. The fraction of sp³-hybridized carbons (Fsp3) is 0.357. The van der Waals surface area contributed by atoms with Crippen molar-refractivity contribution >= 4 is 16.8 Å². The van der Waals surface area contributed by atoms with Crippen molar-refractivity contribution in [2.75, 3.05) is 20.7 Å². The minimum absolute atomic E-state index is 0.116. The van der Waals surface area contributed by atoms with Crippen molar-refractivity contribution in [3.8, 4) is 5.75 Å². The first kappa shape index (κ1) is 12.5. The van der Waals surface area contributed by atoms with Crippen LogP contribution in [0.15, 0.2) is 30.5 Å². The first-order valence-corrected chi connectivity index (χ1v) is 6.02. The van der Waals surface area contributed by atoms with Crippen LogP contribution >= 0.6 is 0 Å². The molecule has 1 aromatic heterocycles. The quantitative estimate of drug-likeness (QED) is 0.828. The Morgan fingerprint density at radius 1 is 1.39 bits per heavy atom. The number of methoxy groups -OCH3 is 1. The Hall–Kier alpha value is -1.97. The van der Waals surface area contributed by atoms with E-state index in [1.54, 1.807) is 12.0 Å².